The molecule has 0 bridgehead atoms. The number of carbonyl (C=O) groups is 2. The Balaban J connectivity index is 1.78. The van der Waals surface area contributed by atoms with Gasteiger partial charge in [0, 0.05) is 22.8 Å². The van der Waals surface area contributed by atoms with Crippen LogP contribution in [0.4, 0.5) is 10.1 Å². The van der Waals surface area contributed by atoms with E-state index in [9.17, 15) is 14.0 Å². The van der Waals surface area contributed by atoms with Crippen molar-refractivity contribution in [3.8, 4) is 0 Å². The van der Waals surface area contributed by atoms with Crippen molar-refractivity contribution in [1.29, 1.82) is 0 Å². The largest absolute Gasteiger partial charge is 0.325 e. The van der Waals surface area contributed by atoms with Gasteiger partial charge in [-0.1, -0.05) is 48.0 Å². The van der Waals surface area contributed by atoms with E-state index in [1.54, 1.807) is 24.3 Å². The molecule has 0 spiro atoms. The highest BCUT2D eigenvalue weighted by atomic mass is 35.5. The average molecular weight is 397 g/mol. The van der Waals surface area contributed by atoms with Crippen molar-refractivity contribution >= 4 is 29.1 Å². The highest BCUT2D eigenvalue weighted by Gasteiger charge is 2.19. The van der Waals surface area contributed by atoms with E-state index < -0.39 is 5.82 Å². The number of nitrogens with one attached hydrogen (secondary N) is 1. The molecule has 6 heteroatoms. The van der Waals surface area contributed by atoms with Gasteiger partial charge in [-0.3, -0.25) is 9.59 Å². The van der Waals surface area contributed by atoms with Crippen molar-refractivity contribution in [3.63, 3.8) is 0 Å². The number of anilines is 1. The number of benzene rings is 3. The molecular weight excluding hydrogens is 379 g/mol. The maximum Gasteiger partial charge on any atom is 0.254 e. The Morgan fingerprint density at radius 2 is 1.64 bits per heavy atom. The Morgan fingerprint density at radius 3 is 2.32 bits per heavy atom. The van der Waals surface area contributed by atoms with E-state index in [1.165, 1.54) is 29.2 Å². The van der Waals surface area contributed by atoms with Crippen LogP contribution in [-0.4, -0.2) is 23.3 Å². The molecule has 3 aromatic carbocycles. The molecule has 0 saturated heterocycles. The lowest BCUT2D eigenvalue weighted by molar-refractivity contribution is -0.117. The van der Waals surface area contributed by atoms with E-state index in [0.717, 1.165) is 5.56 Å². The maximum atomic E-state index is 13.2. The van der Waals surface area contributed by atoms with Crippen molar-refractivity contribution in [2.45, 2.75) is 6.54 Å². The Morgan fingerprint density at radius 1 is 0.929 bits per heavy atom. The van der Waals surface area contributed by atoms with Gasteiger partial charge in [0.05, 0.1) is 0 Å². The number of hydrogen-bond acceptors (Lipinski definition) is 2. The van der Waals surface area contributed by atoms with Crippen LogP contribution in [0.2, 0.25) is 5.02 Å². The van der Waals surface area contributed by atoms with Crippen LogP contribution < -0.4 is 5.32 Å². The van der Waals surface area contributed by atoms with Gasteiger partial charge in [0.15, 0.2) is 0 Å². The van der Waals surface area contributed by atoms with Gasteiger partial charge < -0.3 is 10.2 Å². The summed E-state index contributed by atoms with van der Waals surface area (Å²) >= 11 is 5.94. The first kappa shape index (κ1) is 19.6. The van der Waals surface area contributed by atoms with Crippen molar-refractivity contribution < 1.29 is 14.0 Å². The smallest absolute Gasteiger partial charge is 0.254 e. The fraction of sp³-hybridized carbons (Fsp3) is 0.0909. The number of amides is 2. The summed E-state index contributed by atoms with van der Waals surface area (Å²) in [5, 5.41) is 3.24. The third-order valence-electron chi connectivity index (χ3n) is 4.04. The normalized spacial score (nSPS) is 10.4. The van der Waals surface area contributed by atoms with Crippen LogP contribution in [0, 0.1) is 5.82 Å². The first-order valence-corrected chi connectivity index (χ1v) is 9.03. The Hall–Kier alpha value is -3.18. The molecule has 4 nitrogen and oxygen atoms in total. The fourth-order valence-electron chi connectivity index (χ4n) is 2.72. The molecule has 0 unspecified atom stereocenters. The Labute approximate surface area is 167 Å². The first-order valence-electron chi connectivity index (χ1n) is 8.65. The minimum absolute atomic E-state index is 0.155. The highest BCUT2D eigenvalue weighted by Crippen LogP contribution is 2.16. The molecule has 3 rings (SSSR count). The molecule has 2 amide bonds. The number of carbonyl (C=O) groups excluding carboxylic acids is 2. The summed E-state index contributed by atoms with van der Waals surface area (Å²) < 4.78 is 13.2. The van der Waals surface area contributed by atoms with Gasteiger partial charge in [-0.25, -0.2) is 4.39 Å². The molecule has 0 aromatic heterocycles. The van der Waals surface area contributed by atoms with E-state index in [1.807, 2.05) is 30.3 Å². The van der Waals surface area contributed by atoms with Gasteiger partial charge in [-0.15, -0.1) is 0 Å². The summed E-state index contributed by atoms with van der Waals surface area (Å²) in [7, 11) is 0. The molecule has 0 fully saturated rings. The van der Waals surface area contributed by atoms with Crippen LogP contribution in [0.25, 0.3) is 0 Å². The van der Waals surface area contributed by atoms with Gasteiger partial charge in [-0.05, 0) is 48.0 Å². The predicted octanol–water partition coefficient (Wildman–Crippen LogP) is 4.76. The maximum absolute atomic E-state index is 13.2. The molecule has 0 aliphatic rings. The number of halogens is 2. The highest BCUT2D eigenvalue weighted by molar-refractivity contribution is 6.30. The minimum atomic E-state index is -0.426. The Bertz CT molecular complexity index is 962. The predicted molar refractivity (Wildman–Crippen MR) is 108 cm³/mol. The summed E-state index contributed by atoms with van der Waals surface area (Å²) in [5.74, 6) is -1.14. The van der Waals surface area contributed by atoms with Gasteiger partial charge >= 0.3 is 0 Å². The van der Waals surface area contributed by atoms with Crippen molar-refractivity contribution in [2.24, 2.45) is 0 Å². The molecule has 3 aromatic rings. The minimum Gasteiger partial charge on any atom is -0.325 e. The summed E-state index contributed by atoms with van der Waals surface area (Å²) in [6.07, 6.45) is 0. The second-order valence-corrected chi connectivity index (χ2v) is 6.65. The van der Waals surface area contributed by atoms with Crippen molar-refractivity contribution in [1.82, 2.24) is 4.90 Å². The molecule has 0 radical (unpaired) electrons. The number of hydrogen-bond donors (Lipinski definition) is 1. The summed E-state index contributed by atoms with van der Waals surface area (Å²) in [6, 6.07) is 21.4. The second-order valence-electron chi connectivity index (χ2n) is 6.21. The zero-order chi connectivity index (χ0) is 19.9. The van der Waals surface area contributed by atoms with Crippen LogP contribution in [0.1, 0.15) is 15.9 Å². The van der Waals surface area contributed by atoms with Gasteiger partial charge in [-0.2, -0.15) is 0 Å². The fourth-order valence-corrected chi connectivity index (χ4v) is 2.91. The zero-order valence-corrected chi connectivity index (χ0v) is 15.7. The Kier molecular flexibility index (Phi) is 6.40. The summed E-state index contributed by atoms with van der Waals surface area (Å²) in [5.41, 5.74) is 1.74. The quantitative estimate of drug-likeness (QED) is 0.653. The third kappa shape index (κ3) is 5.41. The summed E-state index contributed by atoms with van der Waals surface area (Å²) in [4.78, 5) is 26.8. The van der Waals surface area contributed by atoms with Crippen LogP contribution >= 0.6 is 11.6 Å². The lowest BCUT2D eigenvalue weighted by Crippen LogP contribution is -2.37. The molecule has 1 N–H and O–H groups in total. The molecule has 0 aliphatic heterocycles. The van der Waals surface area contributed by atoms with Crippen LogP contribution in [0.3, 0.4) is 0 Å². The van der Waals surface area contributed by atoms with Crippen LogP contribution in [0.15, 0.2) is 78.9 Å². The van der Waals surface area contributed by atoms with E-state index in [0.29, 0.717) is 16.3 Å². The topological polar surface area (TPSA) is 49.4 Å². The van der Waals surface area contributed by atoms with Gasteiger partial charge in [0.2, 0.25) is 5.91 Å². The molecule has 28 heavy (non-hydrogen) atoms. The SMILES string of the molecule is O=C(CN(Cc1ccccc1)C(=O)c1ccc(F)cc1)Nc1cccc(Cl)c1. The van der Waals surface area contributed by atoms with Gasteiger partial charge in [0.25, 0.3) is 5.91 Å². The lowest BCUT2D eigenvalue weighted by atomic mass is 10.1. The zero-order valence-electron chi connectivity index (χ0n) is 14.9. The van der Waals surface area contributed by atoms with Crippen LogP contribution in [-0.2, 0) is 11.3 Å². The van der Waals surface area contributed by atoms with Crippen molar-refractivity contribution in [3.05, 3.63) is 101 Å². The van der Waals surface area contributed by atoms with Crippen molar-refractivity contribution in [2.75, 3.05) is 11.9 Å². The van der Waals surface area contributed by atoms with E-state index in [4.69, 9.17) is 11.6 Å². The standard InChI is InChI=1S/C22H18ClFN2O2/c23-18-7-4-8-20(13-18)25-21(27)15-26(14-16-5-2-1-3-6-16)22(28)17-9-11-19(24)12-10-17/h1-13H,14-15H2,(H,25,27). The molecule has 0 aliphatic carbocycles. The number of nitrogens with zero attached hydrogens (tertiary/aromatic N) is 1. The van der Waals surface area contributed by atoms with E-state index >= 15 is 0 Å². The molecule has 0 atom stereocenters. The number of rotatable bonds is 6. The molecular formula is C22H18ClFN2O2. The van der Waals surface area contributed by atoms with Gasteiger partial charge in [0.1, 0.15) is 12.4 Å². The average Bonchev–Trinajstić information content (AvgIpc) is 2.68. The first-order chi connectivity index (χ1) is 13.5. The van der Waals surface area contributed by atoms with E-state index in [2.05, 4.69) is 5.32 Å². The monoisotopic (exact) mass is 396 g/mol. The summed E-state index contributed by atoms with van der Waals surface area (Å²) in [6.45, 7) is 0.0949. The second kappa shape index (κ2) is 9.15. The lowest BCUT2D eigenvalue weighted by Gasteiger charge is -2.22. The molecule has 0 saturated carbocycles. The van der Waals surface area contributed by atoms with Crippen LogP contribution in [0.5, 0.6) is 0 Å². The molecule has 0 heterocycles. The third-order valence-corrected chi connectivity index (χ3v) is 4.27. The molecule has 142 valence electrons. The van der Waals surface area contributed by atoms with E-state index in [-0.39, 0.29) is 24.9 Å².